The van der Waals surface area contributed by atoms with Gasteiger partial charge in [-0.2, -0.15) is 0 Å². The van der Waals surface area contributed by atoms with Crippen LogP contribution in [0.4, 0.5) is 0 Å². The third kappa shape index (κ3) is 4.29. The van der Waals surface area contributed by atoms with Crippen LogP contribution < -0.4 is 0 Å². The number of carbonyl (C=O) groups excluding carboxylic acids is 4. The summed E-state index contributed by atoms with van der Waals surface area (Å²) in [6.07, 6.45) is 0. The summed E-state index contributed by atoms with van der Waals surface area (Å²) in [4.78, 5) is 51.3. The predicted octanol–water partition coefficient (Wildman–Crippen LogP) is 9.52. The van der Waals surface area contributed by atoms with E-state index in [4.69, 9.17) is 0 Å². The van der Waals surface area contributed by atoms with E-state index in [0.29, 0.717) is 53.5 Å². The van der Waals surface area contributed by atoms with Crippen molar-refractivity contribution in [1.82, 2.24) is 0 Å². The third-order valence-corrected chi connectivity index (χ3v) is 9.86. The van der Waals surface area contributed by atoms with E-state index < -0.39 is 0 Å². The number of hydrogen-bond acceptors (Lipinski definition) is 4. The first-order valence-electron chi connectivity index (χ1n) is 13.3. The molecule has 4 nitrogen and oxygen atoms in total. The van der Waals surface area contributed by atoms with Gasteiger partial charge in [-0.15, -0.1) is 0 Å². The Labute approximate surface area is 271 Å². The summed E-state index contributed by atoms with van der Waals surface area (Å²) in [5.41, 5.74) is 3.81. The minimum Gasteiger partial charge on any atom is -0.289 e. The van der Waals surface area contributed by atoms with Crippen LogP contribution in [0.25, 0.3) is 21.5 Å². The summed E-state index contributed by atoms with van der Waals surface area (Å²) in [5.74, 6) is -0.399. The number of rotatable bonds is 0. The molecule has 0 radical (unpaired) electrons. The van der Waals surface area contributed by atoms with Crippen LogP contribution in [0.5, 0.6) is 0 Å². The van der Waals surface area contributed by atoms with E-state index in [2.05, 4.69) is 47.8 Å². The quantitative estimate of drug-likeness (QED) is 0.155. The molecule has 0 unspecified atom stereocenters. The van der Waals surface area contributed by atoms with Crippen LogP contribution in [0, 0.1) is 0 Å². The molecule has 0 aliphatic heterocycles. The third-order valence-electron chi connectivity index (χ3n) is 7.85. The smallest absolute Gasteiger partial charge is 0.195 e. The van der Waals surface area contributed by atoms with Gasteiger partial charge in [0.2, 0.25) is 0 Å². The Morgan fingerprint density at radius 1 is 0.326 bits per heavy atom. The Kier molecular flexibility index (Phi) is 6.84. The monoisotopic (exact) mass is 750 g/mol. The van der Waals surface area contributed by atoms with Crippen molar-refractivity contribution in [3.63, 3.8) is 0 Å². The molecule has 0 aromatic heterocycles. The molecule has 0 heterocycles. The Balaban J connectivity index is 0.000000140. The highest BCUT2D eigenvalue weighted by atomic mass is 79.9. The lowest BCUT2D eigenvalue weighted by Crippen LogP contribution is -2.21. The molecule has 0 saturated heterocycles. The average molecular weight is 753 g/mol. The first-order chi connectivity index (χ1) is 20.8. The first kappa shape index (κ1) is 27.8. The molecule has 6 aromatic rings. The summed E-state index contributed by atoms with van der Waals surface area (Å²) in [5, 5.41) is 3.53. The van der Waals surface area contributed by atoms with Crippen LogP contribution in [0.15, 0.2) is 117 Å². The second-order valence-corrected chi connectivity index (χ2v) is 12.7. The molecule has 0 spiro atoms. The van der Waals surface area contributed by atoms with Crippen molar-refractivity contribution in [1.29, 1.82) is 0 Å². The molecule has 0 atom stereocenters. The lowest BCUT2D eigenvalue weighted by Gasteiger charge is -2.20. The number of carbonyl (C=O) groups is 4. The highest BCUT2D eigenvalue weighted by Crippen LogP contribution is 2.38. The van der Waals surface area contributed by atoms with Gasteiger partial charge in [-0.25, -0.2) is 0 Å². The summed E-state index contributed by atoms with van der Waals surface area (Å²) in [7, 11) is 0. The molecule has 2 aliphatic carbocycles. The van der Waals surface area contributed by atoms with Crippen molar-refractivity contribution in [3.05, 3.63) is 161 Å². The normalized spacial score (nSPS) is 13.2. The van der Waals surface area contributed by atoms with E-state index >= 15 is 0 Å². The van der Waals surface area contributed by atoms with Crippen LogP contribution in [-0.4, -0.2) is 23.1 Å². The van der Waals surface area contributed by atoms with E-state index in [1.165, 1.54) is 0 Å². The van der Waals surface area contributed by atoms with Crippen molar-refractivity contribution in [3.8, 4) is 0 Å². The molecule has 2 aliphatic rings. The second kappa shape index (κ2) is 10.6. The zero-order valence-corrected chi connectivity index (χ0v) is 26.8. The van der Waals surface area contributed by atoms with Crippen LogP contribution in [0.2, 0.25) is 0 Å². The molecule has 0 saturated carbocycles. The fourth-order valence-electron chi connectivity index (χ4n) is 5.89. The molecule has 0 fully saturated rings. The molecule has 6 aromatic carbocycles. The van der Waals surface area contributed by atoms with Gasteiger partial charge in [0.05, 0.1) is 0 Å². The van der Waals surface area contributed by atoms with Gasteiger partial charge in [0.1, 0.15) is 0 Å². The Bertz CT molecular complexity index is 2250. The molecular weight excluding hydrogens is 736 g/mol. The summed E-state index contributed by atoms with van der Waals surface area (Å²) in [6, 6.07) is 31.1. The minimum absolute atomic E-state index is 0.0855. The zero-order valence-electron chi connectivity index (χ0n) is 22.1. The highest BCUT2D eigenvalue weighted by molar-refractivity contribution is 9.11. The lowest BCUT2D eigenvalue weighted by molar-refractivity contribution is 0.0980. The van der Waals surface area contributed by atoms with E-state index in [1.54, 1.807) is 48.5 Å². The van der Waals surface area contributed by atoms with Crippen molar-refractivity contribution >= 4 is 92.5 Å². The van der Waals surface area contributed by atoms with E-state index in [0.717, 1.165) is 26.0 Å². The molecule has 206 valence electrons. The van der Waals surface area contributed by atoms with E-state index in [1.807, 2.05) is 54.6 Å². The average Bonchev–Trinajstić information content (AvgIpc) is 3.02. The summed E-state index contributed by atoms with van der Waals surface area (Å²) in [6.45, 7) is 0. The molecular formula is C36H17Br3O4. The molecule has 8 rings (SSSR count). The summed E-state index contributed by atoms with van der Waals surface area (Å²) < 4.78 is 2.23. The van der Waals surface area contributed by atoms with Gasteiger partial charge in [0, 0.05) is 57.9 Å². The zero-order chi connectivity index (χ0) is 30.0. The van der Waals surface area contributed by atoms with Gasteiger partial charge in [-0.3, -0.25) is 19.2 Å². The summed E-state index contributed by atoms with van der Waals surface area (Å²) >= 11 is 10.3. The predicted molar refractivity (Wildman–Crippen MR) is 178 cm³/mol. The van der Waals surface area contributed by atoms with Crippen molar-refractivity contribution in [2.45, 2.75) is 0 Å². The van der Waals surface area contributed by atoms with Gasteiger partial charge in [0.15, 0.2) is 23.1 Å². The molecule has 0 bridgehead atoms. The standard InChI is InChI=1S/C18H8Br2O2.C18H9BrO2/c19-13-5-1-3-10-9(13)7-8-12-15(10)17(21)11-4-2-6-14(20)16(11)18(12)22;19-14-7-3-6-12-16(14)18(21)13-9-8-10-4-1-2-5-11(10)15(13)17(12)20/h1-8H;1-9H. The number of ketones is 4. The lowest BCUT2D eigenvalue weighted by atomic mass is 9.82. The fourth-order valence-corrected chi connectivity index (χ4v) is 7.48. The van der Waals surface area contributed by atoms with E-state index in [-0.39, 0.29) is 23.1 Å². The maximum Gasteiger partial charge on any atom is 0.195 e. The maximum atomic E-state index is 12.9. The number of halogens is 3. The molecule has 43 heavy (non-hydrogen) atoms. The van der Waals surface area contributed by atoms with Crippen molar-refractivity contribution < 1.29 is 19.2 Å². The SMILES string of the molecule is O=C1c2ccc3c(Br)cccc3c2C(=O)c2cccc(Br)c21.O=C1c2ccc3ccccc3c2C(=O)c2cccc(Br)c21. The van der Waals surface area contributed by atoms with Crippen LogP contribution >= 0.6 is 47.8 Å². The van der Waals surface area contributed by atoms with Crippen LogP contribution in [-0.2, 0) is 0 Å². The topological polar surface area (TPSA) is 68.3 Å². The number of hydrogen-bond donors (Lipinski definition) is 0. The number of fused-ring (bicyclic) bond motifs is 8. The van der Waals surface area contributed by atoms with Crippen molar-refractivity contribution in [2.24, 2.45) is 0 Å². The molecule has 0 N–H and O–H groups in total. The van der Waals surface area contributed by atoms with Crippen LogP contribution in [0.1, 0.15) is 63.7 Å². The number of benzene rings is 6. The molecule has 0 amide bonds. The van der Waals surface area contributed by atoms with Gasteiger partial charge < -0.3 is 0 Å². The Hall–Kier alpha value is -4.04. The van der Waals surface area contributed by atoms with Crippen molar-refractivity contribution in [2.75, 3.05) is 0 Å². The second-order valence-electron chi connectivity index (χ2n) is 10.2. The van der Waals surface area contributed by atoms with E-state index in [9.17, 15) is 19.2 Å². The van der Waals surface area contributed by atoms with Crippen LogP contribution in [0.3, 0.4) is 0 Å². The van der Waals surface area contributed by atoms with Gasteiger partial charge in [-0.1, -0.05) is 121 Å². The van der Waals surface area contributed by atoms with Gasteiger partial charge in [-0.05, 0) is 51.9 Å². The van der Waals surface area contributed by atoms with Gasteiger partial charge in [0.25, 0.3) is 0 Å². The minimum atomic E-state index is -0.112. The molecule has 7 heteroatoms. The fraction of sp³-hybridized carbons (Fsp3) is 0. The maximum absolute atomic E-state index is 12.9. The largest absolute Gasteiger partial charge is 0.289 e. The highest BCUT2D eigenvalue weighted by Gasteiger charge is 2.33. The Morgan fingerprint density at radius 3 is 1.40 bits per heavy atom. The van der Waals surface area contributed by atoms with Gasteiger partial charge >= 0.3 is 0 Å². The Morgan fingerprint density at radius 2 is 0.767 bits per heavy atom. The first-order valence-corrected chi connectivity index (χ1v) is 15.6.